The van der Waals surface area contributed by atoms with E-state index in [1.54, 1.807) is 23.9 Å². The van der Waals surface area contributed by atoms with E-state index in [1.807, 2.05) is 11.1 Å². The topological polar surface area (TPSA) is 75.8 Å². The van der Waals surface area contributed by atoms with Gasteiger partial charge in [-0.3, -0.25) is 14.9 Å². The van der Waals surface area contributed by atoms with E-state index in [0.717, 1.165) is 22.3 Å². The van der Waals surface area contributed by atoms with E-state index in [1.165, 1.54) is 41.9 Å². The van der Waals surface area contributed by atoms with Crippen LogP contribution in [-0.4, -0.2) is 15.8 Å². The summed E-state index contributed by atoms with van der Waals surface area (Å²) in [7, 11) is 0. The van der Waals surface area contributed by atoms with Crippen LogP contribution in [0.1, 0.15) is 40.3 Å². The molecule has 194 valence electrons. The van der Waals surface area contributed by atoms with Crippen molar-refractivity contribution in [2.45, 2.75) is 29.7 Å². The van der Waals surface area contributed by atoms with Gasteiger partial charge in [0, 0.05) is 24.6 Å². The van der Waals surface area contributed by atoms with Gasteiger partial charge in [0.15, 0.2) is 15.0 Å². The maximum Gasteiger partial charge on any atom is 0.269 e. The fourth-order valence-corrected chi connectivity index (χ4v) is 9.26. The molecular weight excluding hydrogens is 526 g/mol. The maximum atomic E-state index is 12.8. The van der Waals surface area contributed by atoms with Gasteiger partial charge in [0.1, 0.15) is 0 Å². The lowest BCUT2D eigenvalue weighted by Gasteiger charge is -2.38. The zero-order valence-corrected chi connectivity index (χ0v) is 23.3. The monoisotopic (exact) mass is 551 g/mol. The van der Waals surface area contributed by atoms with Crippen molar-refractivity contribution in [1.82, 2.24) is 0 Å². The second-order valence-corrected chi connectivity index (χ2v) is 12.5. The predicted octanol–water partition coefficient (Wildman–Crippen LogP) is 7.52. The molecule has 1 atom stereocenters. The number of carbonyl (C=O) groups is 1. The van der Waals surface area contributed by atoms with Crippen LogP contribution >= 0.6 is 23.5 Å². The molecule has 0 aromatic heterocycles. The summed E-state index contributed by atoms with van der Waals surface area (Å²) in [6.07, 6.45) is 0. The molecule has 2 aliphatic heterocycles. The summed E-state index contributed by atoms with van der Waals surface area (Å²) in [6.45, 7) is 5.80. The van der Waals surface area contributed by atoms with E-state index < -0.39 is 13.9 Å². The number of carbonyl (C=O) groups excluding carboxylic acids is 1. The van der Waals surface area contributed by atoms with Gasteiger partial charge in [0.25, 0.3) is 5.69 Å². The van der Waals surface area contributed by atoms with Gasteiger partial charge >= 0.3 is 0 Å². The molecule has 2 heterocycles. The zero-order valence-electron chi connectivity index (χ0n) is 21.6. The largest absolute Gasteiger partial charge is 0.292 e. The number of fused-ring (bicyclic) bond motifs is 2. The molecule has 39 heavy (non-hydrogen) atoms. The molecule has 4 aromatic rings. The van der Waals surface area contributed by atoms with Gasteiger partial charge in [-0.2, -0.15) is 5.10 Å². The molecule has 0 saturated heterocycles. The van der Waals surface area contributed by atoms with Crippen LogP contribution in [0.5, 0.6) is 0 Å². The lowest BCUT2D eigenvalue weighted by Crippen LogP contribution is -2.34. The summed E-state index contributed by atoms with van der Waals surface area (Å²) in [5.74, 6) is -0.119. The number of hydrogen-bond acceptors (Lipinski definition) is 7. The van der Waals surface area contributed by atoms with E-state index in [0.29, 0.717) is 10.7 Å². The highest BCUT2D eigenvalue weighted by molar-refractivity contribution is 8.27. The Hall–Kier alpha value is -3.88. The van der Waals surface area contributed by atoms with Crippen molar-refractivity contribution < 1.29 is 9.72 Å². The third-order valence-electron chi connectivity index (χ3n) is 7.30. The maximum absolute atomic E-state index is 12.8. The van der Waals surface area contributed by atoms with Crippen molar-refractivity contribution in [3.8, 4) is 0 Å². The Morgan fingerprint density at radius 2 is 1.31 bits per heavy atom. The summed E-state index contributed by atoms with van der Waals surface area (Å²) >= 11 is 3.20. The Morgan fingerprint density at radius 3 is 1.82 bits per heavy atom. The predicted molar refractivity (Wildman–Crippen MR) is 159 cm³/mol. The Bertz CT molecular complexity index is 1620. The van der Waals surface area contributed by atoms with Gasteiger partial charge in [-0.05, 0) is 53.8 Å². The highest BCUT2D eigenvalue weighted by Gasteiger charge is 2.62. The Balaban J connectivity index is 1.66. The third kappa shape index (κ3) is 3.81. The van der Waals surface area contributed by atoms with Crippen LogP contribution in [0.15, 0.2) is 102 Å². The van der Waals surface area contributed by atoms with Crippen molar-refractivity contribution in [3.05, 3.63) is 141 Å². The Kier molecular flexibility index (Phi) is 6.12. The fourth-order valence-electron chi connectivity index (χ4n) is 5.53. The summed E-state index contributed by atoms with van der Waals surface area (Å²) in [6, 6.07) is 31.6. The first-order chi connectivity index (χ1) is 18.8. The van der Waals surface area contributed by atoms with Crippen molar-refractivity contribution in [1.29, 1.82) is 0 Å². The lowest BCUT2D eigenvalue weighted by molar-refractivity contribution is -0.384. The SMILES string of the molecule is CC(=O)C1=NN(c2ccc([N+](=O)[O-])cc2)[C@]2(S1)SC(c1ccccc1C)(c1ccccc1C)c1ccccc12. The summed E-state index contributed by atoms with van der Waals surface area (Å²) < 4.78 is -1.42. The van der Waals surface area contributed by atoms with Crippen molar-refractivity contribution in [2.24, 2.45) is 5.10 Å². The number of nitrogens with zero attached hydrogens (tertiary/aromatic N) is 3. The van der Waals surface area contributed by atoms with Gasteiger partial charge in [-0.1, -0.05) is 96.3 Å². The molecule has 2 aliphatic rings. The van der Waals surface area contributed by atoms with Crippen LogP contribution in [0.25, 0.3) is 0 Å². The van der Waals surface area contributed by atoms with E-state index in [9.17, 15) is 14.9 Å². The summed E-state index contributed by atoms with van der Waals surface area (Å²) in [5, 5.41) is 18.5. The number of Topliss-reactive ketones (excluding diaryl/α,β-unsaturated/α-hetero) is 1. The van der Waals surface area contributed by atoms with Crippen LogP contribution in [0, 0.1) is 24.0 Å². The van der Waals surface area contributed by atoms with E-state index >= 15 is 0 Å². The first-order valence-electron chi connectivity index (χ1n) is 12.5. The first-order valence-corrected chi connectivity index (χ1v) is 14.2. The van der Waals surface area contributed by atoms with E-state index in [2.05, 4.69) is 80.6 Å². The van der Waals surface area contributed by atoms with Crippen molar-refractivity contribution in [3.63, 3.8) is 0 Å². The minimum Gasteiger partial charge on any atom is -0.292 e. The summed E-state index contributed by atoms with van der Waals surface area (Å²) in [5.41, 5.74) is 7.54. The Labute approximate surface area is 235 Å². The minimum atomic E-state index is -0.821. The highest BCUT2D eigenvalue weighted by atomic mass is 32.2. The zero-order chi connectivity index (χ0) is 27.4. The molecule has 1 spiro atoms. The number of anilines is 1. The minimum absolute atomic E-state index is 0.00376. The van der Waals surface area contributed by atoms with Crippen LogP contribution in [0.2, 0.25) is 0 Å². The second kappa shape index (κ2) is 9.39. The van der Waals surface area contributed by atoms with Crippen LogP contribution in [0.3, 0.4) is 0 Å². The number of nitro benzene ring substituents is 1. The molecule has 0 N–H and O–H groups in total. The van der Waals surface area contributed by atoms with Crippen LogP contribution in [-0.2, 0) is 13.7 Å². The van der Waals surface area contributed by atoms with Crippen molar-refractivity contribution >= 4 is 45.7 Å². The molecule has 8 heteroatoms. The molecule has 0 unspecified atom stereocenters. The molecule has 0 radical (unpaired) electrons. The molecule has 0 fully saturated rings. The summed E-state index contributed by atoms with van der Waals surface area (Å²) in [4.78, 5) is 23.7. The molecule has 0 aliphatic carbocycles. The van der Waals surface area contributed by atoms with Gasteiger partial charge in [-0.25, -0.2) is 5.01 Å². The molecule has 6 nitrogen and oxygen atoms in total. The number of benzene rings is 4. The average molecular weight is 552 g/mol. The first kappa shape index (κ1) is 25.4. The molecule has 4 aromatic carbocycles. The average Bonchev–Trinajstić information content (AvgIpc) is 3.46. The van der Waals surface area contributed by atoms with E-state index in [-0.39, 0.29) is 11.5 Å². The number of nitro groups is 1. The quantitative estimate of drug-likeness (QED) is 0.189. The van der Waals surface area contributed by atoms with Gasteiger partial charge < -0.3 is 0 Å². The molecular formula is C31H25N3O3S2. The molecule has 0 bridgehead atoms. The fraction of sp³-hybridized carbons (Fsp3) is 0.161. The number of hydrogen-bond donors (Lipinski definition) is 0. The molecule has 0 amide bonds. The van der Waals surface area contributed by atoms with Gasteiger partial charge in [0.2, 0.25) is 0 Å². The second-order valence-electron chi connectivity index (χ2n) is 9.69. The number of non-ortho nitro benzene ring substituents is 1. The molecule has 0 saturated carbocycles. The normalized spacial score (nSPS) is 19.2. The van der Waals surface area contributed by atoms with Crippen molar-refractivity contribution in [2.75, 3.05) is 5.01 Å². The van der Waals surface area contributed by atoms with Gasteiger partial charge in [0.05, 0.1) is 15.4 Å². The van der Waals surface area contributed by atoms with Gasteiger partial charge in [-0.15, -0.1) is 0 Å². The Morgan fingerprint density at radius 1 is 0.795 bits per heavy atom. The number of thioether (sulfide) groups is 2. The molecule has 6 rings (SSSR count). The van der Waals surface area contributed by atoms with Crippen LogP contribution < -0.4 is 5.01 Å². The standard InChI is InChI=1S/C31H25N3O3S2/c1-20-10-4-6-12-25(20)30(26-13-7-5-11-21(26)2)27-14-8-9-15-28(27)31(39-30)33(32-29(38-31)22(3)35)23-16-18-24(19-17-23)34(36)37/h4-19H,1-3H3/t31-/m1/s1. The van der Waals surface area contributed by atoms with E-state index in [4.69, 9.17) is 5.10 Å². The lowest BCUT2D eigenvalue weighted by atomic mass is 9.79. The number of hydrazone groups is 1. The number of aryl methyl sites for hydroxylation is 2. The third-order valence-corrected chi connectivity index (χ3v) is 10.7. The number of rotatable bonds is 5. The highest BCUT2D eigenvalue weighted by Crippen LogP contribution is 2.71. The van der Waals surface area contributed by atoms with Crippen LogP contribution in [0.4, 0.5) is 11.4 Å². The smallest absolute Gasteiger partial charge is 0.269 e. The number of ketones is 1.